The molecule has 0 spiro atoms. The van der Waals surface area contributed by atoms with E-state index in [4.69, 9.17) is 4.74 Å². The number of rotatable bonds is 3. The molecular weight excluding hydrogens is 148 g/mol. The Morgan fingerprint density at radius 2 is 1.83 bits per heavy atom. The lowest BCUT2D eigenvalue weighted by atomic mass is 9.82. The van der Waals surface area contributed by atoms with E-state index in [1.807, 2.05) is 6.08 Å². The molecule has 1 nitrogen and oxygen atoms in total. The second-order valence-electron chi connectivity index (χ2n) is 4.16. The maximum absolute atomic E-state index is 5.65. The van der Waals surface area contributed by atoms with Crippen LogP contribution in [-0.4, -0.2) is 12.7 Å². The van der Waals surface area contributed by atoms with Crippen molar-refractivity contribution in [3.05, 3.63) is 12.7 Å². The van der Waals surface area contributed by atoms with Crippen molar-refractivity contribution in [1.29, 1.82) is 0 Å². The number of ether oxygens (including phenoxy) is 1. The van der Waals surface area contributed by atoms with Gasteiger partial charge in [0.2, 0.25) is 0 Å². The molecule has 1 aliphatic rings. The fourth-order valence-electron chi connectivity index (χ4n) is 2.21. The van der Waals surface area contributed by atoms with Crippen molar-refractivity contribution in [3.8, 4) is 0 Å². The van der Waals surface area contributed by atoms with E-state index in [9.17, 15) is 0 Å². The lowest BCUT2D eigenvalue weighted by Gasteiger charge is -2.31. The van der Waals surface area contributed by atoms with Gasteiger partial charge in [0.25, 0.3) is 0 Å². The average Bonchev–Trinajstić information content (AvgIpc) is 1.99. The van der Waals surface area contributed by atoms with Gasteiger partial charge in [0.15, 0.2) is 0 Å². The highest BCUT2D eigenvalue weighted by atomic mass is 16.5. The molecule has 1 fully saturated rings. The van der Waals surface area contributed by atoms with E-state index in [0.717, 1.165) is 11.8 Å². The van der Waals surface area contributed by atoms with Crippen LogP contribution in [0.1, 0.15) is 33.1 Å². The SMILES string of the molecule is C=CCOC1CC(C)CC(C)C1. The molecule has 1 saturated carbocycles. The standard InChI is InChI=1S/C11H20O/c1-4-5-12-11-7-9(2)6-10(3)8-11/h4,9-11H,1,5-8H2,2-3H3. The molecule has 2 unspecified atom stereocenters. The molecule has 0 heterocycles. The van der Waals surface area contributed by atoms with E-state index in [1.165, 1.54) is 19.3 Å². The van der Waals surface area contributed by atoms with E-state index in [1.54, 1.807) is 0 Å². The molecule has 0 saturated heterocycles. The second kappa shape index (κ2) is 4.66. The van der Waals surface area contributed by atoms with Crippen LogP contribution in [0.15, 0.2) is 12.7 Å². The van der Waals surface area contributed by atoms with Gasteiger partial charge < -0.3 is 4.74 Å². The molecule has 0 aromatic heterocycles. The van der Waals surface area contributed by atoms with Crippen LogP contribution < -0.4 is 0 Å². The van der Waals surface area contributed by atoms with E-state index < -0.39 is 0 Å². The van der Waals surface area contributed by atoms with Gasteiger partial charge in [-0.2, -0.15) is 0 Å². The van der Waals surface area contributed by atoms with Crippen molar-refractivity contribution in [2.75, 3.05) is 6.61 Å². The monoisotopic (exact) mass is 168 g/mol. The Balaban J connectivity index is 2.28. The van der Waals surface area contributed by atoms with Crippen LogP contribution in [0.3, 0.4) is 0 Å². The third-order valence-electron chi connectivity index (χ3n) is 2.59. The Kier molecular flexibility index (Phi) is 3.80. The maximum Gasteiger partial charge on any atom is 0.0648 e. The van der Waals surface area contributed by atoms with Crippen molar-refractivity contribution >= 4 is 0 Å². The second-order valence-corrected chi connectivity index (χ2v) is 4.16. The Labute approximate surface area is 75.8 Å². The average molecular weight is 168 g/mol. The summed E-state index contributed by atoms with van der Waals surface area (Å²) in [5.74, 6) is 1.67. The Morgan fingerprint density at radius 1 is 1.25 bits per heavy atom. The Hall–Kier alpha value is -0.300. The fraction of sp³-hybridized carbons (Fsp3) is 0.818. The smallest absolute Gasteiger partial charge is 0.0648 e. The van der Waals surface area contributed by atoms with Gasteiger partial charge in [0.05, 0.1) is 12.7 Å². The van der Waals surface area contributed by atoms with E-state index >= 15 is 0 Å². The van der Waals surface area contributed by atoms with Gasteiger partial charge in [-0.1, -0.05) is 19.9 Å². The molecule has 0 radical (unpaired) electrons. The van der Waals surface area contributed by atoms with Gasteiger partial charge in [-0.15, -0.1) is 6.58 Å². The van der Waals surface area contributed by atoms with Crippen LogP contribution in [0.2, 0.25) is 0 Å². The first-order valence-electron chi connectivity index (χ1n) is 4.95. The zero-order valence-electron chi connectivity index (χ0n) is 8.25. The topological polar surface area (TPSA) is 9.23 Å². The first kappa shape index (κ1) is 9.79. The van der Waals surface area contributed by atoms with Crippen molar-refractivity contribution in [2.24, 2.45) is 11.8 Å². The van der Waals surface area contributed by atoms with Crippen molar-refractivity contribution in [1.82, 2.24) is 0 Å². The molecule has 1 rings (SSSR count). The summed E-state index contributed by atoms with van der Waals surface area (Å²) in [5.41, 5.74) is 0. The predicted octanol–water partition coefficient (Wildman–Crippen LogP) is 3.01. The van der Waals surface area contributed by atoms with Crippen molar-refractivity contribution in [2.45, 2.75) is 39.2 Å². The van der Waals surface area contributed by atoms with Crippen LogP contribution in [0, 0.1) is 11.8 Å². The van der Waals surface area contributed by atoms with E-state index in [0.29, 0.717) is 12.7 Å². The highest BCUT2D eigenvalue weighted by Gasteiger charge is 2.23. The summed E-state index contributed by atoms with van der Waals surface area (Å²) in [6, 6.07) is 0. The largest absolute Gasteiger partial charge is 0.374 e. The van der Waals surface area contributed by atoms with Gasteiger partial charge >= 0.3 is 0 Å². The summed E-state index contributed by atoms with van der Waals surface area (Å²) in [7, 11) is 0. The number of hydrogen-bond donors (Lipinski definition) is 0. The summed E-state index contributed by atoms with van der Waals surface area (Å²) in [6.07, 6.45) is 6.16. The molecule has 0 aliphatic heterocycles. The lowest BCUT2D eigenvalue weighted by molar-refractivity contribution is 0.0159. The minimum absolute atomic E-state index is 0.488. The Morgan fingerprint density at radius 3 is 2.33 bits per heavy atom. The quantitative estimate of drug-likeness (QED) is 0.589. The van der Waals surface area contributed by atoms with E-state index in [2.05, 4.69) is 20.4 Å². The molecule has 0 aromatic carbocycles. The van der Waals surface area contributed by atoms with Crippen molar-refractivity contribution < 1.29 is 4.74 Å². The van der Waals surface area contributed by atoms with Gasteiger partial charge in [-0.25, -0.2) is 0 Å². The van der Waals surface area contributed by atoms with Gasteiger partial charge in [0, 0.05) is 0 Å². The minimum Gasteiger partial charge on any atom is -0.374 e. The molecule has 1 aliphatic carbocycles. The first-order valence-corrected chi connectivity index (χ1v) is 4.95. The summed E-state index contributed by atoms with van der Waals surface area (Å²) in [6.45, 7) is 9.01. The van der Waals surface area contributed by atoms with Gasteiger partial charge in [-0.05, 0) is 31.1 Å². The summed E-state index contributed by atoms with van der Waals surface area (Å²) in [4.78, 5) is 0. The van der Waals surface area contributed by atoms with E-state index in [-0.39, 0.29) is 0 Å². The minimum atomic E-state index is 0.488. The molecule has 2 atom stereocenters. The summed E-state index contributed by atoms with van der Waals surface area (Å²) >= 11 is 0. The van der Waals surface area contributed by atoms with Crippen LogP contribution in [0.25, 0.3) is 0 Å². The fourth-order valence-corrected chi connectivity index (χ4v) is 2.21. The lowest BCUT2D eigenvalue weighted by Crippen LogP contribution is -2.26. The molecule has 0 aromatic rings. The molecule has 1 heteroatoms. The highest BCUT2D eigenvalue weighted by molar-refractivity contribution is 4.76. The highest BCUT2D eigenvalue weighted by Crippen LogP contribution is 2.30. The van der Waals surface area contributed by atoms with Crippen LogP contribution in [-0.2, 0) is 4.74 Å². The predicted molar refractivity (Wildman–Crippen MR) is 52.1 cm³/mol. The molecule has 70 valence electrons. The van der Waals surface area contributed by atoms with Crippen LogP contribution >= 0.6 is 0 Å². The first-order chi connectivity index (χ1) is 5.72. The molecule has 0 bridgehead atoms. The number of hydrogen-bond acceptors (Lipinski definition) is 1. The summed E-state index contributed by atoms with van der Waals surface area (Å²) in [5, 5.41) is 0. The third-order valence-corrected chi connectivity index (χ3v) is 2.59. The molecule has 0 amide bonds. The third kappa shape index (κ3) is 2.98. The maximum atomic E-state index is 5.65. The zero-order valence-corrected chi connectivity index (χ0v) is 8.25. The molecular formula is C11H20O. The Bertz CT molecular complexity index is 132. The van der Waals surface area contributed by atoms with Gasteiger partial charge in [-0.3, -0.25) is 0 Å². The molecule has 12 heavy (non-hydrogen) atoms. The van der Waals surface area contributed by atoms with Crippen LogP contribution in [0.5, 0.6) is 0 Å². The zero-order chi connectivity index (χ0) is 8.97. The summed E-state index contributed by atoms with van der Waals surface area (Å²) < 4.78 is 5.65. The normalized spacial score (nSPS) is 36.3. The van der Waals surface area contributed by atoms with Crippen molar-refractivity contribution in [3.63, 3.8) is 0 Å². The van der Waals surface area contributed by atoms with Crippen LogP contribution in [0.4, 0.5) is 0 Å². The molecule has 0 N–H and O–H groups in total. The van der Waals surface area contributed by atoms with Gasteiger partial charge in [0.1, 0.15) is 0 Å².